The van der Waals surface area contributed by atoms with E-state index in [-0.39, 0.29) is 17.6 Å². The number of hydrazone groups is 1. The number of aromatic nitrogens is 1. The number of rotatable bonds is 5. The van der Waals surface area contributed by atoms with E-state index in [0.29, 0.717) is 41.6 Å². The second-order valence-corrected chi connectivity index (χ2v) is 9.12. The molecule has 1 fully saturated rings. The van der Waals surface area contributed by atoms with E-state index in [4.69, 9.17) is 10.5 Å². The first-order chi connectivity index (χ1) is 17.0. The highest BCUT2D eigenvalue weighted by molar-refractivity contribution is 9.10. The molecule has 182 valence electrons. The second kappa shape index (κ2) is 10.1. The van der Waals surface area contributed by atoms with Gasteiger partial charge in [0.1, 0.15) is 34.5 Å². The third-order valence-electron chi connectivity index (χ3n) is 6.03. The molecule has 2 unspecified atom stereocenters. The van der Waals surface area contributed by atoms with Crippen LogP contribution in [0.3, 0.4) is 0 Å². The van der Waals surface area contributed by atoms with Crippen LogP contribution in [0.1, 0.15) is 11.5 Å². The van der Waals surface area contributed by atoms with E-state index < -0.39 is 11.8 Å². The molecule has 4 heterocycles. The Kier molecular flexibility index (Phi) is 6.75. The molecule has 0 aliphatic carbocycles. The van der Waals surface area contributed by atoms with Crippen molar-refractivity contribution in [1.82, 2.24) is 14.9 Å². The van der Waals surface area contributed by atoms with Crippen LogP contribution in [0.2, 0.25) is 0 Å². The fraction of sp³-hybridized carbons (Fsp3) is 0.304. The minimum absolute atomic E-state index is 0.0527. The maximum Gasteiger partial charge on any atom is 0.324 e. The Morgan fingerprint density at radius 3 is 2.83 bits per heavy atom. The predicted molar refractivity (Wildman–Crippen MR) is 135 cm³/mol. The van der Waals surface area contributed by atoms with Crippen molar-refractivity contribution in [3.05, 3.63) is 64.2 Å². The Morgan fingerprint density at radius 1 is 1.23 bits per heavy atom. The number of morpholine rings is 1. The van der Waals surface area contributed by atoms with Gasteiger partial charge in [0.15, 0.2) is 0 Å². The first-order valence-electron chi connectivity index (χ1n) is 11.1. The maximum atomic E-state index is 15.0. The fourth-order valence-corrected chi connectivity index (χ4v) is 4.71. The average molecular weight is 543 g/mol. The van der Waals surface area contributed by atoms with Crippen molar-refractivity contribution < 1.29 is 13.9 Å². The third kappa shape index (κ3) is 5.19. The van der Waals surface area contributed by atoms with Crippen molar-refractivity contribution in [2.75, 3.05) is 43.5 Å². The van der Waals surface area contributed by atoms with Gasteiger partial charge in [-0.25, -0.2) is 19.2 Å². The number of fused-ring (bicyclic) bond motifs is 1. The van der Waals surface area contributed by atoms with Gasteiger partial charge in [-0.3, -0.25) is 15.2 Å². The minimum Gasteiger partial charge on any atom is -0.385 e. The van der Waals surface area contributed by atoms with Crippen molar-refractivity contribution in [3.63, 3.8) is 0 Å². The lowest BCUT2D eigenvalue weighted by Crippen LogP contribution is -2.45. The number of nitrogens with zero attached hydrogens (tertiary/aromatic N) is 5. The Bertz CT molecular complexity index is 1210. The molecule has 3 aliphatic heterocycles. The zero-order valence-electron chi connectivity index (χ0n) is 18.7. The fourth-order valence-electron chi connectivity index (χ4n) is 4.37. The normalized spacial score (nSPS) is 21.8. The van der Waals surface area contributed by atoms with Gasteiger partial charge in [0.05, 0.1) is 18.9 Å². The van der Waals surface area contributed by atoms with Crippen LogP contribution in [0.15, 0.2) is 62.9 Å². The van der Waals surface area contributed by atoms with Gasteiger partial charge in [0.2, 0.25) is 0 Å². The number of nitrogens with one attached hydrogen (secondary N) is 2. The highest BCUT2D eigenvalue weighted by Crippen LogP contribution is 2.37. The molecular formula is C23H24BrFN8O2. The number of anilines is 2. The van der Waals surface area contributed by atoms with Crippen molar-refractivity contribution in [1.29, 1.82) is 0 Å². The summed E-state index contributed by atoms with van der Waals surface area (Å²) >= 11 is 3.25. The number of halogens is 2. The van der Waals surface area contributed by atoms with Gasteiger partial charge >= 0.3 is 6.03 Å². The zero-order chi connectivity index (χ0) is 24.4. The number of hydrogen-bond donors (Lipinski definition) is 3. The van der Waals surface area contributed by atoms with Crippen LogP contribution in [0.25, 0.3) is 0 Å². The predicted octanol–water partition coefficient (Wildman–Crippen LogP) is 2.93. The summed E-state index contributed by atoms with van der Waals surface area (Å²) in [5.74, 6) is -0.0426. The summed E-state index contributed by atoms with van der Waals surface area (Å²) in [7, 11) is 0. The molecule has 2 amide bonds. The van der Waals surface area contributed by atoms with Crippen molar-refractivity contribution in [2.45, 2.75) is 12.0 Å². The SMILES string of the molecule is NC1=NC=NN2C(CN3CCOCC3)=CC(c3ccc(NC(=O)Nc4cccc(Br)n4)c(F)c3)C12. The molecule has 4 N–H and O–H groups in total. The monoisotopic (exact) mass is 542 g/mol. The summed E-state index contributed by atoms with van der Waals surface area (Å²) in [5.41, 5.74) is 7.99. The molecule has 35 heavy (non-hydrogen) atoms. The summed E-state index contributed by atoms with van der Waals surface area (Å²) in [4.78, 5) is 22.9. The van der Waals surface area contributed by atoms with E-state index in [0.717, 1.165) is 18.8 Å². The Balaban J connectivity index is 1.33. The lowest BCUT2D eigenvalue weighted by molar-refractivity contribution is 0.0393. The summed E-state index contributed by atoms with van der Waals surface area (Å²) in [5, 5.41) is 11.4. The van der Waals surface area contributed by atoms with Gasteiger partial charge in [-0.05, 0) is 45.8 Å². The Labute approximate surface area is 209 Å². The van der Waals surface area contributed by atoms with E-state index in [1.165, 1.54) is 18.5 Å². The number of urea groups is 1. The van der Waals surface area contributed by atoms with Crippen molar-refractivity contribution >= 4 is 45.6 Å². The Hall–Kier alpha value is -3.35. The highest BCUT2D eigenvalue weighted by atomic mass is 79.9. The lowest BCUT2D eigenvalue weighted by atomic mass is 9.92. The van der Waals surface area contributed by atoms with Gasteiger partial charge in [-0.15, -0.1) is 0 Å². The molecule has 12 heteroatoms. The standard InChI is InChI=1S/C23H24BrFN8O2/c24-19-2-1-3-20(30-19)31-23(34)29-18-5-4-14(10-17(18)25)16-11-15(12-32-6-8-35-9-7-32)33-21(16)22(26)27-13-28-33/h1-5,10-11,13,16,21H,6-9,12H2,(H2,26,27,28)(H2,29,30,31,34). The largest absolute Gasteiger partial charge is 0.385 e. The summed E-state index contributed by atoms with van der Waals surface area (Å²) in [6, 6.07) is 8.90. The summed E-state index contributed by atoms with van der Waals surface area (Å²) < 4.78 is 21.1. The number of aliphatic imine (C=N–C) groups is 1. The average Bonchev–Trinajstić information content (AvgIpc) is 3.20. The number of carbonyl (C=O) groups is 1. The molecule has 0 saturated carbocycles. The quantitative estimate of drug-likeness (QED) is 0.499. The maximum absolute atomic E-state index is 15.0. The van der Waals surface area contributed by atoms with Crippen LogP contribution in [0.5, 0.6) is 0 Å². The van der Waals surface area contributed by atoms with E-state index in [9.17, 15) is 4.79 Å². The summed E-state index contributed by atoms with van der Waals surface area (Å²) in [6.07, 6.45) is 3.51. The van der Waals surface area contributed by atoms with Gasteiger partial charge < -0.3 is 15.8 Å². The highest BCUT2D eigenvalue weighted by Gasteiger charge is 2.40. The number of hydrogen-bond acceptors (Lipinski definition) is 8. The molecule has 1 aromatic heterocycles. The third-order valence-corrected chi connectivity index (χ3v) is 6.47. The van der Waals surface area contributed by atoms with Crippen molar-refractivity contribution in [2.24, 2.45) is 15.8 Å². The smallest absolute Gasteiger partial charge is 0.324 e. The molecule has 5 rings (SSSR count). The molecule has 10 nitrogen and oxygen atoms in total. The zero-order valence-corrected chi connectivity index (χ0v) is 20.3. The minimum atomic E-state index is -0.597. The van der Waals surface area contributed by atoms with Gasteiger partial charge in [-0.2, -0.15) is 5.10 Å². The molecule has 2 atom stereocenters. The molecule has 0 radical (unpaired) electrons. The van der Waals surface area contributed by atoms with Gasteiger partial charge in [0, 0.05) is 31.2 Å². The van der Waals surface area contributed by atoms with Crippen LogP contribution >= 0.6 is 15.9 Å². The van der Waals surface area contributed by atoms with E-state index in [1.54, 1.807) is 24.3 Å². The molecule has 1 saturated heterocycles. The second-order valence-electron chi connectivity index (χ2n) is 8.31. The van der Waals surface area contributed by atoms with Gasteiger partial charge in [-0.1, -0.05) is 18.2 Å². The van der Waals surface area contributed by atoms with Crippen LogP contribution in [0.4, 0.5) is 20.7 Å². The number of benzene rings is 1. The molecule has 2 aromatic rings. The first-order valence-corrected chi connectivity index (χ1v) is 11.9. The molecule has 1 aromatic carbocycles. The topological polar surface area (TPSA) is 120 Å². The molecule has 0 spiro atoms. The van der Waals surface area contributed by atoms with Crippen LogP contribution in [0, 0.1) is 5.82 Å². The van der Waals surface area contributed by atoms with Gasteiger partial charge in [0.25, 0.3) is 0 Å². The van der Waals surface area contributed by atoms with Crippen LogP contribution < -0.4 is 16.4 Å². The van der Waals surface area contributed by atoms with E-state index >= 15 is 4.39 Å². The Morgan fingerprint density at radius 2 is 2.06 bits per heavy atom. The number of carbonyl (C=O) groups excluding carboxylic acids is 1. The first kappa shape index (κ1) is 23.4. The number of ether oxygens (including phenoxy) is 1. The van der Waals surface area contributed by atoms with Crippen LogP contribution in [-0.2, 0) is 4.74 Å². The number of amides is 2. The molecular weight excluding hydrogens is 519 g/mol. The summed E-state index contributed by atoms with van der Waals surface area (Å²) in [6.45, 7) is 3.74. The van der Waals surface area contributed by atoms with E-state index in [1.807, 2.05) is 5.01 Å². The molecule has 3 aliphatic rings. The van der Waals surface area contributed by atoms with E-state index in [2.05, 4.69) is 52.6 Å². The number of nitrogens with two attached hydrogens (primary N) is 1. The molecule has 0 bridgehead atoms. The number of amidine groups is 1. The van der Waals surface area contributed by atoms with Crippen LogP contribution in [-0.4, -0.2) is 72.0 Å². The lowest BCUT2D eigenvalue weighted by Gasteiger charge is -2.32. The van der Waals surface area contributed by atoms with Crippen molar-refractivity contribution in [3.8, 4) is 0 Å². The number of pyridine rings is 1.